The summed E-state index contributed by atoms with van der Waals surface area (Å²) in [6.45, 7) is 4.37. The number of thiophene rings is 4. The number of benzene rings is 1. The molecule has 0 nitrogen and oxygen atoms in total. The zero-order valence-corrected chi connectivity index (χ0v) is 17.5. The Kier molecular flexibility index (Phi) is 3.94. The number of rotatable bonds is 2. The molecule has 0 atom stereocenters. The Morgan fingerprint density at radius 3 is 1.38 bits per heavy atom. The van der Waals surface area contributed by atoms with E-state index in [4.69, 9.17) is 15.7 Å². The molecule has 0 saturated heterocycles. The molecule has 4 aromatic heterocycles. The molecular formula is C20H12B2S4. The average Bonchev–Trinajstić information content (AvgIpc) is 3.33. The maximum absolute atomic E-state index is 6.05. The third kappa shape index (κ3) is 2.55. The number of hydrogen-bond acceptors (Lipinski definition) is 4. The molecule has 5 rings (SSSR count). The van der Waals surface area contributed by atoms with Crippen molar-refractivity contribution in [3.8, 4) is 20.9 Å². The van der Waals surface area contributed by atoms with Crippen LogP contribution < -0.4 is 9.55 Å². The van der Waals surface area contributed by atoms with Gasteiger partial charge in [-0.25, -0.2) is 0 Å². The van der Waals surface area contributed by atoms with E-state index < -0.39 is 0 Å². The van der Waals surface area contributed by atoms with Crippen LogP contribution in [0.5, 0.6) is 0 Å². The van der Waals surface area contributed by atoms with Crippen LogP contribution >= 0.6 is 45.3 Å². The van der Waals surface area contributed by atoms with Crippen molar-refractivity contribution in [2.45, 2.75) is 13.8 Å². The lowest BCUT2D eigenvalue weighted by Gasteiger charge is -2.09. The van der Waals surface area contributed by atoms with Gasteiger partial charge in [0.25, 0.3) is 0 Å². The average molecular weight is 402 g/mol. The van der Waals surface area contributed by atoms with E-state index >= 15 is 0 Å². The van der Waals surface area contributed by atoms with Crippen molar-refractivity contribution in [2.75, 3.05) is 0 Å². The maximum Gasteiger partial charge on any atom is 0.128 e. The van der Waals surface area contributed by atoms with E-state index in [0.29, 0.717) is 0 Å². The predicted octanol–water partition coefficient (Wildman–Crippen LogP) is 5.78. The van der Waals surface area contributed by atoms with E-state index in [1.807, 2.05) is 34.8 Å². The summed E-state index contributed by atoms with van der Waals surface area (Å²) in [6.07, 6.45) is 0. The van der Waals surface area contributed by atoms with E-state index in [-0.39, 0.29) is 0 Å². The summed E-state index contributed by atoms with van der Waals surface area (Å²) < 4.78 is 4.40. The van der Waals surface area contributed by atoms with E-state index in [9.17, 15) is 0 Å². The molecule has 5 aromatic rings. The zero-order chi connectivity index (χ0) is 18.0. The molecule has 0 N–H and O–H groups in total. The predicted molar refractivity (Wildman–Crippen MR) is 124 cm³/mol. The Bertz CT molecular complexity index is 1130. The SMILES string of the molecule is [B]c1ccc(-c2c3cc(C)sc3c(-c3ccc([B])s3)c3cc(C)sc23)s1. The van der Waals surface area contributed by atoms with Crippen molar-refractivity contribution in [1.82, 2.24) is 0 Å². The van der Waals surface area contributed by atoms with Gasteiger partial charge in [0.1, 0.15) is 15.7 Å². The first-order valence-electron chi connectivity index (χ1n) is 8.19. The summed E-state index contributed by atoms with van der Waals surface area (Å²) in [5.74, 6) is 0. The second-order valence-corrected chi connectivity index (χ2v) is 11.1. The molecule has 0 saturated carbocycles. The highest BCUT2D eigenvalue weighted by Gasteiger charge is 2.21. The quantitative estimate of drug-likeness (QED) is 0.329. The topological polar surface area (TPSA) is 0 Å². The highest BCUT2D eigenvalue weighted by molar-refractivity contribution is 7.26. The first-order chi connectivity index (χ1) is 12.5. The van der Waals surface area contributed by atoms with Gasteiger partial charge in [-0.3, -0.25) is 0 Å². The standard InChI is InChI=1S/C20H12B2S4/c1-9-7-11-17(13-3-5-15(21)25-13)20-12(8-10(2)24-20)18(19(11)23-9)14-4-6-16(22)26-14/h3-8H,1-2H3. The van der Waals surface area contributed by atoms with Gasteiger partial charge in [0, 0.05) is 50.8 Å². The molecule has 0 unspecified atom stereocenters. The summed E-state index contributed by atoms with van der Waals surface area (Å²) in [7, 11) is 12.1. The van der Waals surface area contributed by atoms with Crippen molar-refractivity contribution in [3.63, 3.8) is 0 Å². The van der Waals surface area contributed by atoms with Crippen LogP contribution in [0.25, 0.3) is 41.1 Å². The van der Waals surface area contributed by atoms with Crippen molar-refractivity contribution >= 4 is 90.8 Å². The molecule has 4 radical (unpaired) electrons. The van der Waals surface area contributed by atoms with Gasteiger partial charge in [-0.1, -0.05) is 12.1 Å². The molecule has 0 fully saturated rings. The lowest BCUT2D eigenvalue weighted by atomic mass is 9.99. The summed E-state index contributed by atoms with van der Waals surface area (Å²) >= 11 is 7.07. The normalized spacial score (nSPS) is 11.8. The molecule has 0 aliphatic heterocycles. The van der Waals surface area contributed by atoms with Crippen molar-refractivity contribution < 1.29 is 0 Å². The number of aryl methyl sites for hydroxylation is 2. The molecule has 1 aromatic carbocycles. The van der Waals surface area contributed by atoms with Crippen molar-refractivity contribution in [2.24, 2.45) is 0 Å². The van der Waals surface area contributed by atoms with Gasteiger partial charge in [-0.2, -0.15) is 22.7 Å². The Balaban J connectivity index is 2.00. The van der Waals surface area contributed by atoms with Crippen molar-refractivity contribution in [1.29, 1.82) is 0 Å². The third-order valence-corrected chi connectivity index (χ3v) is 8.45. The van der Waals surface area contributed by atoms with Gasteiger partial charge in [0.15, 0.2) is 0 Å². The van der Waals surface area contributed by atoms with Gasteiger partial charge in [0.2, 0.25) is 0 Å². The van der Waals surface area contributed by atoms with Crippen LogP contribution in [0.15, 0.2) is 36.4 Å². The summed E-state index contributed by atoms with van der Waals surface area (Å²) in [4.78, 5) is 5.14. The van der Waals surface area contributed by atoms with E-state index in [1.54, 1.807) is 22.7 Å². The molecule has 0 spiro atoms. The minimum Gasteiger partial charge on any atom is -0.152 e. The van der Waals surface area contributed by atoms with Gasteiger partial charge < -0.3 is 0 Å². The van der Waals surface area contributed by atoms with Crippen LogP contribution in [0.1, 0.15) is 9.75 Å². The molecule has 122 valence electrons. The Labute approximate surface area is 171 Å². The number of fused-ring (bicyclic) bond motifs is 2. The van der Waals surface area contributed by atoms with Crippen LogP contribution in [-0.4, -0.2) is 15.7 Å². The van der Waals surface area contributed by atoms with E-state index in [1.165, 1.54) is 50.8 Å². The van der Waals surface area contributed by atoms with Crippen molar-refractivity contribution in [3.05, 3.63) is 46.2 Å². The first-order valence-corrected chi connectivity index (χ1v) is 11.5. The summed E-state index contributed by atoms with van der Waals surface area (Å²) in [5.41, 5.74) is 2.65. The van der Waals surface area contributed by atoms with Crippen LogP contribution in [0.2, 0.25) is 0 Å². The van der Waals surface area contributed by atoms with E-state index in [2.05, 4.69) is 38.1 Å². The van der Waals surface area contributed by atoms with Gasteiger partial charge in [0.05, 0.1) is 0 Å². The van der Waals surface area contributed by atoms with Gasteiger partial charge >= 0.3 is 0 Å². The molecule has 0 aliphatic rings. The fraction of sp³-hybridized carbons (Fsp3) is 0.100. The molecule has 4 heterocycles. The monoisotopic (exact) mass is 402 g/mol. The lowest BCUT2D eigenvalue weighted by Crippen LogP contribution is -1.89. The second kappa shape index (κ2) is 6.10. The van der Waals surface area contributed by atoms with Gasteiger partial charge in [-0.05, 0) is 47.7 Å². The third-order valence-electron chi connectivity index (χ3n) is 4.45. The molecule has 26 heavy (non-hydrogen) atoms. The fourth-order valence-electron chi connectivity index (χ4n) is 3.48. The van der Waals surface area contributed by atoms with Crippen LogP contribution in [0, 0.1) is 13.8 Å². The first kappa shape index (κ1) is 16.8. The second-order valence-electron chi connectivity index (χ2n) is 6.35. The largest absolute Gasteiger partial charge is 0.152 e. The Hall–Kier alpha value is -1.33. The highest BCUT2D eigenvalue weighted by atomic mass is 32.1. The Morgan fingerprint density at radius 1 is 0.615 bits per heavy atom. The molecule has 6 heteroatoms. The van der Waals surface area contributed by atoms with Crippen LogP contribution in [0.3, 0.4) is 0 Å². The lowest BCUT2D eigenvalue weighted by molar-refractivity contribution is 1.66. The minimum atomic E-state index is 0.858. The van der Waals surface area contributed by atoms with Crippen LogP contribution in [0.4, 0.5) is 0 Å². The maximum atomic E-state index is 6.05. The minimum absolute atomic E-state index is 0.858. The molecule has 0 amide bonds. The zero-order valence-electron chi connectivity index (χ0n) is 14.3. The molecular weight excluding hydrogens is 390 g/mol. The summed E-state index contributed by atoms with van der Waals surface area (Å²) in [6, 6.07) is 13.0. The van der Waals surface area contributed by atoms with Gasteiger partial charge in [-0.15, -0.1) is 22.7 Å². The molecule has 0 aliphatic carbocycles. The van der Waals surface area contributed by atoms with E-state index in [0.717, 1.165) is 9.55 Å². The summed E-state index contributed by atoms with van der Waals surface area (Å²) in [5, 5.41) is 2.65. The smallest absolute Gasteiger partial charge is 0.128 e. The number of hydrogen-bond donors (Lipinski definition) is 0. The Morgan fingerprint density at radius 2 is 1.04 bits per heavy atom. The highest BCUT2D eigenvalue weighted by Crippen LogP contribution is 2.50. The van der Waals surface area contributed by atoms with Crippen LogP contribution in [-0.2, 0) is 0 Å². The fourth-order valence-corrected chi connectivity index (χ4v) is 7.47. The molecule has 0 bridgehead atoms.